The molecule has 1 unspecified atom stereocenters. The third kappa shape index (κ3) is 3.85. The first-order valence-electron chi connectivity index (χ1n) is 9.59. The predicted octanol–water partition coefficient (Wildman–Crippen LogP) is 7.08. The molecule has 148 valence electrons. The van der Waals surface area contributed by atoms with Crippen LogP contribution in [-0.4, -0.2) is 12.1 Å². The summed E-state index contributed by atoms with van der Waals surface area (Å²) in [6.07, 6.45) is 6.19. The van der Waals surface area contributed by atoms with Crippen LogP contribution in [0.4, 0.5) is 0 Å². The fourth-order valence-electron chi connectivity index (χ4n) is 5.06. The smallest absolute Gasteiger partial charge is 0.147 e. The Balaban J connectivity index is 0.00000140. The Morgan fingerprint density at radius 3 is 2.18 bits per heavy atom. The van der Waals surface area contributed by atoms with E-state index >= 15 is 0 Å². The molecule has 0 radical (unpaired) electrons. The summed E-state index contributed by atoms with van der Waals surface area (Å²) in [6, 6.07) is 20.0. The number of halogens is 2. The molecular weight excluding hydrogens is 523 g/mol. The molecule has 0 nitrogen and oxygen atoms in total. The van der Waals surface area contributed by atoms with Crippen molar-refractivity contribution < 1.29 is 15.7 Å². The van der Waals surface area contributed by atoms with Crippen LogP contribution >= 0.6 is 24.8 Å². The molecule has 0 aromatic heterocycles. The zero-order valence-corrected chi connectivity index (χ0v) is 24.2. The van der Waals surface area contributed by atoms with Gasteiger partial charge in [-0.15, -0.1) is 24.8 Å². The summed E-state index contributed by atoms with van der Waals surface area (Å²) in [4.78, 5) is 0. The van der Waals surface area contributed by atoms with Crippen molar-refractivity contribution in [1.29, 1.82) is 0 Å². The number of rotatable bonds is 3. The molecule has 0 fully saturated rings. The molecule has 0 bridgehead atoms. The van der Waals surface area contributed by atoms with Crippen LogP contribution in [0.25, 0.3) is 11.1 Å². The summed E-state index contributed by atoms with van der Waals surface area (Å²) in [5.74, 6) is 0. The largest absolute Gasteiger partial charge is 0.147 e. The molecular formula is C24H30Cl2GeZr. The standard InChI is InChI=1S/C11H11.C11H9.2CH3.2ClH.GeH2.Zr/c1-8-7-10-5-3-4-6-11(10)9(8)2;1-2-6-10(7-3-1)11-8-4-5-9-11;;;;;;/h3-7H,1-2H3;1-3,6-9H,4H2;2*1H3;2*1H;1H2;. The number of hydrogen-bond acceptors (Lipinski definition) is 0. The maximum absolute atomic E-state index is 3.05. The number of fused-ring (bicyclic) bond motifs is 1. The van der Waals surface area contributed by atoms with E-state index in [0.717, 1.165) is 6.42 Å². The van der Waals surface area contributed by atoms with Gasteiger partial charge in [0.25, 0.3) is 0 Å². The van der Waals surface area contributed by atoms with Gasteiger partial charge in [-0.05, 0) is 0 Å². The number of benzene rings is 2. The first-order valence-corrected chi connectivity index (χ1v) is 27.7. The summed E-state index contributed by atoms with van der Waals surface area (Å²) in [5, 5.41) is 0. The molecule has 0 aliphatic heterocycles. The van der Waals surface area contributed by atoms with Crippen molar-refractivity contribution >= 4 is 48.1 Å². The molecule has 28 heavy (non-hydrogen) atoms. The summed E-state index contributed by atoms with van der Waals surface area (Å²) in [5.41, 5.74) is 9.08. The summed E-state index contributed by atoms with van der Waals surface area (Å²) in [6.45, 7) is 4.73. The van der Waals surface area contributed by atoms with Gasteiger partial charge in [0.2, 0.25) is 0 Å². The van der Waals surface area contributed by atoms with Gasteiger partial charge in [-0.1, -0.05) is 0 Å². The average molecular weight is 553 g/mol. The molecule has 2 aliphatic carbocycles. The second kappa shape index (κ2) is 8.42. The Labute approximate surface area is 187 Å². The Hall–Kier alpha value is -0.334. The van der Waals surface area contributed by atoms with Gasteiger partial charge in [-0.25, -0.2) is 0 Å². The van der Waals surface area contributed by atoms with E-state index < -0.39 is 15.7 Å². The van der Waals surface area contributed by atoms with E-state index in [4.69, 9.17) is 0 Å². The summed E-state index contributed by atoms with van der Waals surface area (Å²) < 4.78 is 7.89. The van der Waals surface area contributed by atoms with E-state index in [2.05, 4.69) is 89.9 Å². The third-order valence-electron chi connectivity index (χ3n) is 6.66. The van der Waals surface area contributed by atoms with E-state index in [1.807, 2.05) is 0 Å². The number of allylic oxidation sites excluding steroid dienone is 6. The minimum atomic E-state index is -3.05. The van der Waals surface area contributed by atoms with Crippen molar-refractivity contribution in [3.05, 3.63) is 92.3 Å². The molecule has 2 aromatic carbocycles. The number of hydrogen-bond donors (Lipinski definition) is 0. The third-order valence-corrected chi connectivity index (χ3v) is 29.8. The van der Waals surface area contributed by atoms with Gasteiger partial charge in [-0.3, -0.25) is 0 Å². The van der Waals surface area contributed by atoms with Crippen molar-refractivity contribution in [3.8, 4) is 0 Å². The summed E-state index contributed by atoms with van der Waals surface area (Å²) in [7, 11) is 0. The van der Waals surface area contributed by atoms with Gasteiger partial charge >= 0.3 is 164 Å². The van der Waals surface area contributed by atoms with Crippen LogP contribution in [0.1, 0.15) is 40.6 Å². The molecule has 4 rings (SSSR count). The fourth-order valence-corrected chi connectivity index (χ4v) is 26.0. The molecule has 0 heterocycles. The molecule has 4 heteroatoms. The van der Waals surface area contributed by atoms with Gasteiger partial charge in [0.05, 0.1) is 0 Å². The monoisotopic (exact) mass is 552 g/mol. The zero-order chi connectivity index (χ0) is 18.6. The molecule has 0 spiro atoms. The maximum atomic E-state index is 2.71. The van der Waals surface area contributed by atoms with Gasteiger partial charge in [-0.2, -0.15) is 0 Å². The SMILES string of the molecule is CC1=C(C)[CH]([Zr]([CH3])([CH3])(=[GeH2])[C]2=CC(c3ccccc3)=CC2)c2ccccc21.Cl.Cl. The second-order valence-corrected chi connectivity index (χ2v) is 52.9. The zero-order valence-electron chi connectivity index (χ0n) is 17.2. The fraction of sp³-hybridized carbons (Fsp3) is 0.250. The molecule has 2 aromatic rings. The predicted molar refractivity (Wildman–Crippen MR) is 129 cm³/mol. The van der Waals surface area contributed by atoms with E-state index in [9.17, 15) is 0 Å². The van der Waals surface area contributed by atoms with Crippen LogP contribution in [0.2, 0.25) is 9.26 Å². The van der Waals surface area contributed by atoms with Crippen molar-refractivity contribution in [2.24, 2.45) is 0 Å². The molecule has 0 saturated carbocycles. The Morgan fingerprint density at radius 1 is 0.893 bits per heavy atom. The quantitative estimate of drug-likeness (QED) is 0.357. The van der Waals surface area contributed by atoms with E-state index in [0.29, 0.717) is 3.63 Å². The molecule has 0 amide bonds. The van der Waals surface area contributed by atoms with Gasteiger partial charge in [0.1, 0.15) is 0 Å². The average Bonchev–Trinajstić information content (AvgIpc) is 3.22. The first-order chi connectivity index (χ1) is 12.3. The second-order valence-electron chi connectivity index (χ2n) is 9.04. The van der Waals surface area contributed by atoms with Gasteiger partial charge in [0.15, 0.2) is 0 Å². The molecule has 0 N–H and O–H groups in total. The van der Waals surface area contributed by atoms with Crippen LogP contribution < -0.4 is 0 Å². The van der Waals surface area contributed by atoms with Crippen LogP contribution in [-0.2, 0) is 15.7 Å². The normalized spacial score (nSPS) is 18.7. The summed E-state index contributed by atoms with van der Waals surface area (Å²) >= 11 is -1.60. The van der Waals surface area contributed by atoms with Crippen molar-refractivity contribution in [3.63, 3.8) is 0 Å². The van der Waals surface area contributed by atoms with Crippen LogP contribution in [0, 0.1) is 0 Å². The van der Waals surface area contributed by atoms with Crippen molar-refractivity contribution in [2.75, 3.05) is 0 Å². The minimum Gasteiger partial charge on any atom is -0.147 e. The first kappa shape index (κ1) is 23.9. The van der Waals surface area contributed by atoms with Crippen LogP contribution in [0.3, 0.4) is 0 Å². The maximum Gasteiger partial charge on any atom is -0.147 e. The molecule has 0 saturated heterocycles. The van der Waals surface area contributed by atoms with E-state index in [1.54, 1.807) is 14.4 Å². The Bertz CT molecular complexity index is 1060. The Kier molecular flexibility index (Phi) is 7.20. The van der Waals surface area contributed by atoms with E-state index in [-0.39, 0.29) is 24.8 Å². The topological polar surface area (TPSA) is 0 Å². The van der Waals surface area contributed by atoms with Crippen LogP contribution in [0.5, 0.6) is 0 Å². The molecule has 2 aliphatic rings. The van der Waals surface area contributed by atoms with E-state index in [1.165, 1.54) is 34.4 Å². The van der Waals surface area contributed by atoms with Gasteiger partial charge < -0.3 is 0 Å². The minimum absolute atomic E-state index is 0. The molecule has 1 atom stereocenters. The van der Waals surface area contributed by atoms with Crippen LogP contribution in [0.15, 0.2) is 75.6 Å². The van der Waals surface area contributed by atoms with Gasteiger partial charge in [0, 0.05) is 0 Å². The van der Waals surface area contributed by atoms with Crippen molar-refractivity contribution in [1.82, 2.24) is 0 Å². The Morgan fingerprint density at radius 2 is 1.50 bits per heavy atom. The van der Waals surface area contributed by atoms with Crippen molar-refractivity contribution in [2.45, 2.75) is 33.2 Å².